The minimum absolute atomic E-state index is 0.00961. The zero-order chi connectivity index (χ0) is 24.2. The monoisotopic (exact) mass is 473 g/mol. The second kappa shape index (κ2) is 10.3. The predicted octanol–water partition coefficient (Wildman–Crippen LogP) is 2.74. The summed E-state index contributed by atoms with van der Waals surface area (Å²) in [6.07, 6.45) is 2.34. The van der Waals surface area contributed by atoms with Crippen molar-refractivity contribution in [3.63, 3.8) is 0 Å². The van der Waals surface area contributed by atoms with Gasteiger partial charge >= 0.3 is 0 Å². The molecule has 0 fully saturated rings. The Morgan fingerprint density at radius 3 is 2.67 bits per heavy atom. The number of amides is 1. The third-order valence-corrected chi connectivity index (χ3v) is 6.95. The van der Waals surface area contributed by atoms with Crippen LogP contribution in [0, 0.1) is 0 Å². The lowest BCUT2D eigenvalue weighted by Crippen LogP contribution is -2.24. The number of hydrogen-bond donors (Lipinski definition) is 1. The summed E-state index contributed by atoms with van der Waals surface area (Å²) < 4.78 is 33.8. The highest BCUT2D eigenvalue weighted by molar-refractivity contribution is 7.89. The largest absolute Gasteiger partial charge is 0.475 e. The fourth-order valence-electron chi connectivity index (χ4n) is 3.47. The lowest BCUT2D eigenvalue weighted by atomic mass is 10.2. The molecule has 2 heterocycles. The summed E-state index contributed by atoms with van der Waals surface area (Å²) in [5, 5.41) is 2.91. The Bertz CT molecular complexity index is 1230. The number of rotatable bonds is 10. The van der Waals surface area contributed by atoms with Crippen molar-refractivity contribution >= 4 is 27.0 Å². The molecule has 0 saturated heterocycles. The van der Waals surface area contributed by atoms with E-state index in [9.17, 15) is 13.2 Å². The van der Waals surface area contributed by atoms with Gasteiger partial charge in [-0.1, -0.05) is 6.07 Å². The summed E-state index contributed by atoms with van der Waals surface area (Å²) in [6.45, 7) is 6.84. The van der Waals surface area contributed by atoms with Gasteiger partial charge < -0.3 is 14.6 Å². The highest BCUT2D eigenvalue weighted by Gasteiger charge is 2.20. The van der Waals surface area contributed by atoms with Crippen LogP contribution in [0.25, 0.3) is 11.0 Å². The third-order valence-electron chi connectivity index (χ3n) is 5.14. The second-order valence-corrected chi connectivity index (χ2v) is 10.3. The van der Waals surface area contributed by atoms with E-state index >= 15 is 0 Å². The maximum Gasteiger partial charge on any atom is 0.242 e. The van der Waals surface area contributed by atoms with Crippen LogP contribution in [-0.2, 0) is 34.3 Å². The van der Waals surface area contributed by atoms with Crippen LogP contribution >= 0.6 is 0 Å². The average Bonchev–Trinajstić information content (AvgIpc) is 3.13. The number of nitrogens with zero attached hydrogens (tertiary/aromatic N) is 4. The van der Waals surface area contributed by atoms with E-state index in [0.717, 1.165) is 16.9 Å². The third kappa shape index (κ3) is 5.69. The number of ether oxygens (including phenoxy) is 1. The van der Waals surface area contributed by atoms with Crippen molar-refractivity contribution in [1.29, 1.82) is 0 Å². The van der Waals surface area contributed by atoms with Gasteiger partial charge in [0.05, 0.1) is 22.0 Å². The Balaban J connectivity index is 1.70. The van der Waals surface area contributed by atoms with Crippen molar-refractivity contribution in [3.8, 4) is 5.88 Å². The molecule has 0 saturated carbocycles. The normalized spacial score (nSPS) is 12.0. The highest BCUT2D eigenvalue weighted by atomic mass is 32.2. The van der Waals surface area contributed by atoms with Gasteiger partial charge in [-0.2, -0.15) is 0 Å². The molecule has 0 aliphatic heterocycles. The van der Waals surface area contributed by atoms with Crippen molar-refractivity contribution < 1.29 is 17.9 Å². The van der Waals surface area contributed by atoms with Crippen LogP contribution in [0.2, 0.25) is 0 Å². The number of fused-ring (bicyclic) bond motifs is 1. The number of benzene rings is 1. The molecule has 3 aromatic rings. The van der Waals surface area contributed by atoms with Crippen LogP contribution in [0.15, 0.2) is 41.4 Å². The molecule has 0 bridgehead atoms. The number of nitrogens with one attached hydrogen (secondary N) is 1. The number of pyridine rings is 1. The molecule has 0 spiro atoms. The van der Waals surface area contributed by atoms with Gasteiger partial charge in [0.2, 0.25) is 21.8 Å². The molecule has 0 aliphatic carbocycles. The molecule has 1 N–H and O–H groups in total. The van der Waals surface area contributed by atoms with Crippen LogP contribution in [0.3, 0.4) is 0 Å². The summed E-state index contributed by atoms with van der Waals surface area (Å²) in [5.74, 6) is 1.15. The number of hydrogen-bond acceptors (Lipinski definition) is 6. The van der Waals surface area contributed by atoms with Crippen molar-refractivity contribution in [3.05, 3.63) is 47.9 Å². The first kappa shape index (κ1) is 24.7. The molecule has 0 unspecified atom stereocenters. The molecule has 0 radical (unpaired) electrons. The van der Waals surface area contributed by atoms with Crippen LogP contribution in [0.1, 0.15) is 38.6 Å². The van der Waals surface area contributed by atoms with Gasteiger partial charge in [-0.15, -0.1) is 0 Å². The van der Waals surface area contributed by atoms with Gasteiger partial charge in [-0.25, -0.2) is 22.7 Å². The molecule has 9 nitrogen and oxygen atoms in total. The molecule has 2 aromatic heterocycles. The Hall–Kier alpha value is -2.98. The van der Waals surface area contributed by atoms with Crippen molar-refractivity contribution in [1.82, 2.24) is 24.2 Å². The van der Waals surface area contributed by atoms with Crippen LogP contribution in [0.5, 0.6) is 5.88 Å². The molecule has 178 valence electrons. The maximum atomic E-state index is 12.5. The van der Waals surface area contributed by atoms with E-state index in [4.69, 9.17) is 4.74 Å². The van der Waals surface area contributed by atoms with Crippen molar-refractivity contribution in [2.45, 2.75) is 57.7 Å². The Morgan fingerprint density at radius 2 is 2.00 bits per heavy atom. The minimum atomic E-state index is -3.54. The number of carbonyl (C=O) groups excluding carboxylic acids is 1. The molecule has 0 aliphatic rings. The van der Waals surface area contributed by atoms with E-state index in [1.807, 2.05) is 37.5 Å². The van der Waals surface area contributed by atoms with Crippen LogP contribution < -0.4 is 10.1 Å². The van der Waals surface area contributed by atoms with Gasteiger partial charge in [0.25, 0.3) is 0 Å². The van der Waals surface area contributed by atoms with E-state index in [2.05, 4.69) is 15.3 Å². The average molecular weight is 474 g/mol. The number of aryl methyl sites for hydroxylation is 2. The van der Waals surface area contributed by atoms with Crippen LogP contribution in [-0.4, -0.2) is 53.4 Å². The Kier molecular flexibility index (Phi) is 7.70. The first-order valence-electron chi connectivity index (χ1n) is 10.9. The molecule has 3 rings (SSSR count). The molecular weight excluding hydrogens is 442 g/mol. The number of imidazole rings is 1. The lowest BCUT2D eigenvalue weighted by Gasteiger charge is -2.13. The van der Waals surface area contributed by atoms with Gasteiger partial charge in [0, 0.05) is 51.8 Å². The first-order chi connectivity index (χ1) is 15.6. The van der Waals surface area contributed by atoms with Crippen molar-refractivity contribution in [2.24, 2.45) is 0 Å². The lowest BCUT2D eigenvalue weighted by molar-refractivity contribution is -0.121. The second-order valence-electron chi connectivity index (χ2n) is 8.12. The standard InChI is InChI=1S/C23H31N5O4S/c1-6-28-20-10-9-18(33(30,31)27(4)5)14-19(20)26-21(28)11-12-22(29)25-15-17-8-7-13-24-23(17)32-16(2)3/h7-10,13-14,16H,6,11-12,15H2,1-5H3,(H,25,29). The predicted molar refractivity (Wildman–Crippen MR) is 126 cm³/mol. The molecule has 33 heavy (non-hydrogen) atoms. The smallest absolute Gasteiger partial charge is 0.242 e. The molecule has 0 atom stereocenters. The zero-order valence-corrected chi connectivity index (χ0v) is 20.5. The summed E-state index contributed by atoms with van der Waals surface area (Å²) in [5.41, 5.74) is 2.26. The van der Waals surface area contributed by atoms with Crippen molar-refractivity contribution in [2.75, 3.05) is 14.1 Å². The minimum Gasteiger partial charge on any atom is -0.475 e. The van der Waals surface area contributed by atoms with Gasteiger partial charge in [-0.05, 0) is 45.0 Å². The summed E-state index contributed by atoms with van der Waals surface area (Å²) in [6, 6.07) is 8.63. The Morgan fingerprint density at radius 1 is 1.24 bits per heavy atom. The van der Waals surface area contributed by atoms with E-state index in [0.29, 0.717) is 30.9 Å². The zero-order valence-electron chi connectivity index (χ0n) is 19.7. The van der Waals surface area contributed by atoms with Gasteiger partial charge in [0.15, 0.2) is 0 Å². The summed E-state index contributed by atoms with van der Waals surface area (Å²) in [7, 11) is -0.549. The van der Waals surface area contributed by atoms with Gasteiger partial charge in [0.1, 0.15) is 5.82 Å². The van der Waals surface area contributed by atoms with E-state index in [1.54, 1.807) is 24.4 Å². The summed E-state index contributed by atoms with van der Waals surface area (Å²) >= 11 is 0. The number of aromatic nitrogens is 3. The van der Waals surface area contributed by atoms with Crippen LogP contribution in [0.4, 0.5) is 0 Å². The molecule has 10 heteroatoms. The quantitative estimate of drug-likeness (QED) is 0.485. The fraction of sp³-hybridized carbons (Fsp3) is 0.435. The first-order valence-corrected chi connectivity index (χ1v) is 12.4. The molecule has 1 amide bonds. The molecule has 1 aromatic carbocycles. The number of carbonyl (C=O) groups is 1. The van der Waals surface area contributed by atoms with E-state index in [-0.39, 0.29) is 23.3 Å². The van der Waals surface area contributed by atoms with E-state index in [1.165, 1.54) is 18.4 Å². The molecular formula is C23H31N5O4S. The summed E-state index contributed by atoms with van der Waals surface area (Å²) in [4.78, 5) is 21.6. The highest BCUT2D eigenvalue weighted by Crippen LogP contribution is 2.23. The SMILES string of the molecule is CCn1c(CCC(=O)NCc2cccnc2OC(C)C)nc2cc(S(=O)(=O)N(C)C)ccc21. The maximum absolute atomic E-state index is 12.5. The number of sulfonamides is 1. The van der Waals surface area contributed by atoms with E-state index < -0.39 is 10.0 Å². The van der Waals surface area contributed by atoms with Gasteiger partial charge in [-0.3, -0.25) is 4.79 Å². The fourth-order valence-corrected chi connectivity index (χ4v) is 4.39. The topological polar surface area (TPSA) is 106 Å². The Labute approximate surface area is 194 Å².